The Labute approximate surface area is 129 Å². The SMILES string of the molecule is O=C(Cc1ccccc1[N+](=O)[O-])Nc1nc2ccccc2s1. The number of fused-ring (bicyclic) bond motifs is 1. The van der Waals surface area contributed by atoms with Crippen LogP contribution in [0.4, 0.5) is 10.8 Å². The Bertz CT molecular complexity index is 827. The number of hydrogen-bond acceptors (Lipinski definition) is 5. The fourth-order valence-electron chi connectivity index (χ4n) is 2.10. The lowest BCUT2D eigenvalue weighted by Gasteiger charge is -2.02. The van der Waals surface area contributed by atoms with Crippen LogP contribution in [-0.2, 0) is 11.2 Å². The normalized spacial score (nSPS) is 10.5. The summed E-state index contributed by atoms with van der Waals surface area (Å²) in [6.45, 7) is 0. The van der Waals surface area contributed by atoms with Crippen molar-refractivity contribution in [3.05, 3.63) is 64.2 Å². The number of para-hydroxylation sites is 2. The van der Waals surface area contributed by atoms with Crippen molar-refractivity contribution < 1.29 is 9.72 Å². The van der Waals surface area contributed by atoms with Crippen LogP contribution in [0.2, 0.25) is 0 Å². The van der Waals surface area contributed by atoms with E-state index in [0.29, 0.717) is 10.7 Å². The molecule has 0 aliphatic carbocycles. The second-order valence-electron chi connectivity index (χ2n) is 4.60. The lowest BCUT2D eigenvalue weighted by Crippen LogP contribution is -2.15. The average Bonchev–Trinajstić information content (AvgIpc) is 2.89. The summed E-state index contributed by atoms with van der Waals surface area (Å²) in [5.41, 5.74) is 1.14. The molecule has 1 N–H and O–H groups in total. The zero-order chi connectivity index (χ0) is 15.5. The molecule has 3 rings (SSSR count). The molecule has 3 aromatic rings. The number of thiazole rings is 1. The average molecular weight is 313 g/mol. The molecule has 0 unspecified atom stereocenters. The summed E-state index contributed by atoms with van der Waals surface area (Å²) in [7, 11) is 0. The molecule has 0 aliphatic rings. The molecule has 0 aliphatic heterocycles. The van der Waals surface area contributed by atoms with E-state index < -0.39 is 4.92 Å². The van der Waals surface area contributed by atoms with E-state index in [9.17, 15) is 14.9 Å². The highest BCUT2D eigenvalue weighted by atomic mass is 32.1. The third-order valence-corrected chi connectivity index (χ3v) is 4.03. The summed E-state index contributed by atoms with van der Waals surface area (Å²) in [5, 5.41) is 14.1. The van der Waals surface area contributed by atoms with E-state index in [4.69, 9.17) is 0 Å². The van der Waals surface area contributed by atoms with Gasteiger partial charge in [0.2, 0.25) is 5.91 Å². The third kappa shape index (κ3) is 2.94. The Morgan fingerprint density at radius 2 is 1.91 bits per heavy atom. The van der Waals surface area contributed by atoms with E-state index in [1.807, 2.05) is 24.3 Å². The molecule has 1 aromatic heterocycles. The molecule has 110 valence electrons. The van der Waals surface area contributed by atoms with Crippen LogP contribution in [0.1, 0.15) is 5.56 Å². The molecule has 0 bridgehead atoms. The number of rotatable bonds is 4. The minimum Gasteiger partial charge on any atom is -0.302 e. The van der Waals surface area contributed by atoms with Crippen LogP contribution in [0.15, 0.2) is 48.5 Å². The topological polar surface area (TPSA) is 85.1 Å². The van der Waals surface area contributed by atoms with Gasteiger partial charge in [-0.2, -0.15) is 0 Å². The highest BCUT2D eigenvalue weighted by molar-refractivity contribution is 7.22. The summed E-state index contributed by atoms with van der Waals surface area (Å²) in [6.07, 6.45) is -0.0624. The van der Waals surface area contributed by atoms with Gasteiger partial charge in [-0.1, -0.05) is 41.7 Å². The second-order valence-corrected chi connectivity index (χ2v) is 5.63. The van der Waals surface area contributed by atoms with Gasteiger partial charge < -0.3 is 5.32 Å². The van der Waals surface area contributed by atoms with Crippen LogP contribution in [0.25, 0.3) is 10.2 Å². The van der Waals surface area contributed by atoms with Crippen molar-refractivity contribution in [3.8, 4) is 0 Å². The summed E-state index contributed by atoms with van der Waals surface area (Å²) >= 11 is 1.37. The van der Waals surface area contributed by atoms with Crippen LogP contribution in [0, 0.1) is 10.1 Å². The standard InChI is InChI=1S/C15H11N3O3S/c19-14(9-10-5-1-3-7-12(10)18(20)21)17-15-16-11-6-2-4-8-13(11)22-15/h1-8H,9H2,(H,16,17,19). The van der Waals surface area contributed by atoms with E-state index in [2.05, 4.69) is 10.3 Å². The molecule has 1 heterocycles. The first-order chi connectivity index (χ1) is 10.6. The quantitative estimate of drug-likeness (QED) is 0.591. The summed E-state index contributed by atoms with van der Waals surface area (Å²) in [5.74, 6) is -0.326. The lowest BCUT2D eigenvalue weighted by atomic mass is 10.1. The Morgan fingerprint density at radius 1 is 1.18 bits per heavy atom. The molecule has 0 saturated heterocycles. The van der Waals surface area contributed by atoms with Crippen LogP contribution < -0.4 is 5.32 Å². The van der Waals surface area contributed by atoms with Crippen LogP contribution >= 0.6 is 11.3 Å². The molecule has 22 heavy (non-hydrogen) atoms. The number of nitro benzene ring substituents is 1. The highest BCUT2D eigenvalue weighted by Crippen LogP contribution is 2.26. The van der Waals surface area contributed by atoms with Gasteiger partial charge in [-0.15, -0.1) is 0 Å². The van der Waals surface area contributed by atoms with Crippen molar-refractivity contribution in [2.24, 2.45) is 0 Å². The van der Waals surface area contributed by atoms with E-state index in [-0.39, 0.29) is 18.0 Å². The zero-order valence-electron chi connectivity index (χ0n) is 11.4. The Kier molecular flexibility index (Phi) is 3.80. The van der Waals surface area contributed by atoms with Gasteiger partial charge in [-0.25, -0.2) is 4.98 Å². The Morgan fingerprint density at radius 3 is 2.68 bits per heavy atom. The Hall–Kier alpha value is -2.80. The van der Waals surface area contributed by atoms with Crippen LogP contribution in [0.5, 0.6) is 0 Å². The molecule has 1 amide bonds. The molecule has 2 aromatic carbocycles. The van der Waals surface area contributed by atoms with Gasteiger partial charge in [0.15, 0.2) is 5.13 Å². The fraction of sp³-hybridized carbons (Fsp3) is 0.0667. The molecule has 0 spiro atoms. The van der Waals surface area contributed by atoms with E-state index in [1.54, 1.807) is 18.2 Å². The number of hydrogen-bond donors (Lipinski definition) is 1. The van der Waals surface area contributed by atoms with E-state index >= 15 is 0 Å². The molecule has 0 radical (unpaired) electrons. The lowest BCUT2D eigenvalue weighted by molar-refractivity contribution is -0.385. The minimum atomic E-state index is -0.486. The number of nitro groups is 1. The first kappa shape index (κ1) is 14.2. The van der Waals surface area contributed by atoms with Crippen LogP contribution in [-0.4, -0.2) is 15.8 Å². The maximum absolute atomic E-state index is 12.1. The van der Waals surface area contributed by atoms with Crippen LogP contribution in [0.3, 0.4) is 0 Å². The molecule has 0 atom stereocenters. The van der Waals surface area contributed by atoms with E-state index in [0.717, 1.165) is 10.2 Å². The zero-order valence-corrected chi connectivity index (χ0v) is 12.2. The molecular formula is C15H11N3O3S. The highest BCUT2D eigenvalue weighted by Gasteiger charge is 2.16. The minimum absolute atomic E-state index is 0.0538. The predicted molar refractivity (Wildman–Crippen MR) is 85.1 cm³/mol. The van der Waals surface area contributed by atoms with Crippen molar-refractivity contribution in [2.75, 3.05) is 5.32 Å². The fourth-order valence-corrected chi connectivity index (χ4v) is 2.98. The maximum Gasteiger partial charge on any atom is 0.273 e. The number of anilines is 1. The number of aromatic nitrogens is 1. The number of carbonyl (C=O) groups excluding carboxylic acids is 1. The van der Waals surface area contributed by atoms with Crippen molar-refractivity contribution in [1.82, 2.24) is 4.98 Å². The van der Waals surface area contributed by atoms with Crippen molar-refractivity contribution in [2.45, 2.75) is 6.42 Å². The predicted octanol–water partition coefficient (Wildman–Crippen LogP) is 3.39. The summed E-state index contributed by atoms with van der Waals surface area (Å²) < 4.78 is 0.975. The number of nitrogens with zero attached hydrogens (tertiary/aromatic N) is 2. The number of amides is 1. The largest absolute Gasteiger partial charge is 0.302 e. The first-order valence-corrected chi connectivity index (χ1v) is 7.33. The molecule has 7 heteroatoms. The first-order valence-electron chi connectivity index (χ1n) is 6.51. The monoisotopic (exact) mass is 313 g/mol. The van der Waals surface area contributed by atoms with Gasteiger partial charge in [-0.05, 0) is 12.1 Å². The second kappa shape index (κ2) is 5.90. The van der Waals surface area contributed by atoms with Gasteiger partial charge in [0.05, 0.1) is 21.6 Å². The summed E-state index contributed by atoms with van der Waals surface area (Å²) in [4.78, 5) is 26.8. The smallest absolute Gasteiger partial charge is 0.273 e. The molecular weight excluding hydrogens is 302 g/mol. The van der Waals surface area contributed by atoms with Gasteiger partial charge in [0.25, 0.3) is 5.69 Å². The van der Waals surface area contributed by atoms with Crippen molar-refractivity contribution in [3.63, 3.8) is 0 Å². The molecule has 0 saturated carbocycles. The Balaban J connectivity index is 1.76. The number of benzene rings is 2. The van der Waals surface area contributed by atoms with Crippen molar-refractivity contribution >= 4 is 38.3 Å². The maximum atomic E-state index is 12.1. The summed E-state index contributed by atoms with van der Waals surface area (Å²) in [6, 6.07) is 13.8. The van der Waals surface area contributed by atoms with Gasteiger partial charge in [-0.3, -0.25) is 14.9 Å². The van der Waals surface area contributed by atoms with E-state index in [1.165, 1.54) is 17.4 Å². The number of nitrogens with one attached hydrogen (secondary N) is 1. The van der Waals surface area contributed by atoms with Crippen molar-refractivity contribution in [1.29, 1.82) is 0 Å². The van der Waals surface area contributed by atoms with Gasteiger partial charge >= 0.3 is 0 Å². The third-order valence-electron chi connectivity index (χ3n) is 3.08. The number of carbonyl (C=O) groups is 1. The van der Waals surface area contributed by atoms with Gasteiger partial charge in [0, 0.05) is 11.6 Å². The molecule has 0 fully saturated rings. The van der Waals surface area contributed by atoms with Gasteiger partial charge in [0.1, 0.15) is 0 Å². The molecule has 6 nitrogen and oxygen atoms in total.